The lowest BCUT2D eigenvalue weighted by Gasteiger charge is -2.10. The third-order valence-electron chi connectivity index (χ3n) is 2.97. The van der Waals surface area contributed by atoms with Crippen LogP contribution in [0.5, 0.6) is 0 Å². The molecule has 0 bridgehead atoms. The van der Waals surface area contributed by atoms with Crippen molar-refractivity contribution in [1.82, 2.24) is 0 Å². The van der Waals surface area contributed by atoms with Gasteiger partial charge in [0.05, 0.1) is 0 Å². The number of hydrogen-bond donors (Lipinski definition) is 0. The van der Waals surface area contributed by atoms with Gasteiger partial charge in [-0.1, -0.05) is 64.5 Å². The van der Waals surface area contributed by atoms with Crippen LogP contribution in [0.25, 0.3) is 10.8 Å². The molecule has 2 aromatic rings. The molecule has 0 N–H and O–H groups in total. The number of benzene rings is 2. The third-order valence-corrected chi connectivity index (χ3v) is 3.66. The van der Waals surface area contributed by atoms with Crippen LogP contribution in [0.15, 0.2) is 65.2 Å². The average Bonchev–Trinajstić information content (AvgIpc) is 2.81. The van der Waals surface area contributed by atoms with Crippen molar-refractivity contribution >= 4 is 26.7 Å². The molecule has 0 nitrogen and oxygen atoms in total. The lowest BCUT2D eigenvalue weighted by atomic mass is 9.97. The van der Waals surface area contributed by atoms with Gasteiger partial charge in [-0.3, -0.25) is 0 Å². The van der Waals surface area contributed by atoms with Crippen LogP contribution in [0.2, 0.25) is 0 Å². The van der Waals surface area contributed by atoms with Crippen molar-refractivity contribution in [3.05, 3.63) is 70.7 Å². The molecular formula is C15H11Br. The van der Waals surface area contributed by atoms with Gasteiger partial charge in [-0.2, -0.15) is 0 Å². The summed E-state index contributed by atoms with van der Waals surface area (Å²) >= 11 is 3.66. The molecule has 0 saturated heterocycles. The van der Waals surface area contributed by atoms with Gasteiger partial charge in [-0.25, -0.2) is 0 Å². The molecule has 1 aliphatic rings. The second kappa shape index (κ2) is 3.91. The first-order valence-electron chi connectivity index (χ1n) is 5.38. The fourth-order valence-corrected chi connectivity index (χ4v) is 2.75. The monoisotopic (exact) mass is 270 g/mol. The van der Waals surface area contributed by atoms with Gasteiger partial charge in [0.25, 0.3) is 0 Å². The second-order valence-corrected chi connectivity index (χ2v) is 4.87. The second-order valence-electron chi connectivity index (χ2n) is 4.02. The Labute approximate surface area is 103 Å². The Kier molecular flexibility index (Phi) is 2.41. The molecule has 1 aliphatic carbocycles. The number of rotatable bonds is 1. The zero-order chi connectivity index (χ0) is 11.0. The predicted octanol–water partition coefficient (Wildman–Crippen LogP) is 4.81. The molecule has 1 heteroatoms. The van der Waals surface area contributed by atoms with E-state index in [4.69, 9.17) is 0 Å². The van der Waals surface area contributed by atoms with Gasteiger partial charge in [-0.15, -0.1) is 0 Å². The summed E-state index contributed by atoms with van der Waals surface area (Å²) in [5, 5.41) is 2.58. The molecule has 2 aromatic carbocycles. The van der Waals surface area contributed by atoms with Gasteiger partial charge < -0.3 is 0 Å². The maximum Gasteiger partial charge on any atom is 0.0222 e. The minimum Gasteiger partial charge on any atom is -0.0732 e. The van der Waals surface area contributed by atoms with E-state index in [0.717, 1.165) is 0 Å². The summed E-state index contributed by atoms with van der Waals surface area (Å²) in [6.45, 7) is 0. The van der Waals surface area contributed by atoms with E-state index in [9.17, 15) is 0 Å². The van der Waals surface area contributed by atoms with Crippen LogP contribution in [0, 0.1) is 0 Å². The normalized spacial score (nSPS) is 15.1. The summed E-state index contributed by atoms with van der Waals surface area (Å²) < 4.78 is 1.19. The topological polar surface area (TPSA) is 0 Å². The summed E-state index contributed by atoms with van der Waals surface area (Å²) in [7, 11) is 0. The van der Waals surface area contributed by atoms with Gasteiger partial charge in [-0.05, 0) is 28.5 Å². The molecule has 0 saturated carbocycles. The van der Waals surface area contributed by atoms with Crippen LogP contribution in [0.4, 0.5) is 0 Å². The Balaban J connectivity index is 2.21. The van der Waals surface area contributed by atoms with Crippen molar-refractivity contribution in [3.63, 3.8) is 0 Å². The Morgan fingerprint density at radius 1 is 0.875 bits per heavy atom. The molecule has 0 spiro atoms. The lowest BCUT2D eigenvalue weighted by Crippen LogP contribution is -1.91. The van der Waals surface area contributed by atoms with Crippen LogP contribution < -0.4 is 0 Å². The van der Waals surface area contributed by atoms with Crippen LogP contribution >= 0.6 is 15.9 Å². The number of halogens is 1. The van der Waals surface area contributed by atoms with Gasteiger partial charge in [0.1, 0.15) is 0 Å². The molecule has 0 atom stereocenters. The Morgan fingerprint density at radius 3 is 2.19 bits per heavy atom. The first-order chi connectivity index (χ1) is 7.84. The highest BCUT2D eigenvalue weighted by Crippen LogP contribution is 2.32. The molecular weight excluding hydrogens is 260 g/mol. The number of allylic oxidation sites excluding steroid dienone is 4. The highest BCUT2D eigenvalue weighted by Gasteiger charge is 2.11. The van der Waals surface area contributed by atoms with Crippen LogP contribution in [-0.4, -0.2) is 0 Å². The van der Waals surface area contributed by atoms with Gasteiger partial charge >= 0.3 is 0 Å². The number of fused-ring (bicyclic) bond motifs is 1. The molecule has 0 heterocycles. The fourth-order valence-electron chi connectivity index (χ4n) is 2.12. The van der Waals surface area contributed by atoms with E-state index >= 15 is 0 Å². The molecule has 16 heavy (non-hydrogen) atoms. The largest absolute Gasteiger partial charge is 0.0732 e. The van der Waals surface area contributed by atoms with Crippen LogP contribution in [-0.2, 0) is 0 Å². The van der Waals surface area contributed by atoms with E-state index in [1.54, 1.807) is 0 Å². The van der Waals surface area contributed by atoms with E-state index in [2.05, 4.69) is 76.6 Å². The van der Waals surface area contributed by atoms with E-state index < -0.39 is 0 Å². The van der Waals surface area contributed by atoms with E-state index in [-0.39, 0.29) is 0 Å². The zero-order valence-corrected chi connectivity index (χ0v) is 10.3. The minimum absolute atomic E-state index is 0.416. The van der Waals surface area contributed by atoms with E-state index in [1.807, 2.05) is 0 Å². The first kappa shape index (κ1) is 9.86. The van der Waals surface area contributed by atoms with Crippen LogP contribution in [0.1, 0.15) is 11.5 Å². The van der Waals surface area contributed by atoms with Crippen molar-refractivity contribution in [2.24, 2.45) is 0 Å². The van der Waals surface area contributed by atoms with Crippen LogP contribution in [0.3, 0.4) is 0 Å². The third kappa shape index (κ3) is 1.61. The molecule has 0 amide bonds. The van der Waals surface area contributed by atoms with Crippen molar-refractivity contribution in [2.75, 3.05) is 0 Å². The lowest BCUT2D eigenvalue weighted by molar-refractivity contribution is 1.10. The highest BCUT2D eigenvalue weighted by molar-refractivity contribution is 9.10. The van der Waals surface area contributed by atoms with Gasteiger partial charge in [0.2, 0.25) is 0 Å². The van der Waals surface area contributed by atoms with Crippen molar-refractivity contribution in [2.45, 2.75) is 5.92 Å². The Bertz CT molecular complexity index is 581. The van der Waals surface area contributed by atoms with E-state index in [1.165, 1.54) is 20.8 Å². The molecule has 0 fully saturated rings. The summed E-state index contributed by atoms with van der Waals surface area (Å²) in [5.74, 6) is 0.416. The predicted molar refractivity (Wildman–Crippen MR) is 72.7 cm³/mol. The molecule has 3 rings (SSSR count). The quantitative estimate of drug-likeness (QED) is 0.698. The molecule has 78 valence electrons. The summed E-state index contributed by atoms with van der Waals surface area (Å²) in [6.07, 6.45) is 8.64. The molecule has 0 aromatic heterocycles. The Morgan fingerprint density at radius 2 is 1.50 bits per heavy atom. The first-order valence-corrected chi connectivity index (χ1v) is 6.17. The summed E-state index contributed by atoms with van der Waals surface area (Å²) in [6, 6.07) is 12.9. The maximum absolute atomic E-state index is 3.66. The van der Waals surface area contributed by atoms with Gasteiger partial charge in [0.15, 0.2) is 0 Å². The van der Waals surface area contributed by atoms with Crippen molar-refractivity contribution in [1.29, 1.82) is 0 Å². The number of hydrogen-bond acceptors (Lipinski definition) is 0. The minimum atomic E-state index is 0.416. The maximum atomic E-state index is 3.66. The smallest absolute Gasteiger partial charge is 0.0222 e. The Hall–Kier alpha value is -1.34. The summed E-state index contributed by atoms with van der Waals surface area (Å²) in [5.41, 5.74) is 1.34. The summed E-state index contributed by atoms with van der Waals surface area (Å²) in [4.78, 5) is 0. The van der Waals surface area contributed by atoms with Gasteiger partial charge in [0, 0.05) is 10.4 Å². The average molecular weight is 271 g/mol. The zero-order valence-electron chi connectivity index (χ0n) is 8.73. The highest BCUT2D eigenvalue weighted by atomic mass is 79.9. The fraction of sp³-hybridized carbons (Fsp3) is 0.0667. The standard InChI is InChI=1S/C15H11Br/c16-15-10-13-8-4-3-7-12(13)9-14(15)11-5-1-2-6-11/h1-11H. The van der Waals surface area contributed by atoms with E-state index in [0.29, 0.717) is 5.92 Å². The van der Waals surface area contributed by atoms with Crippen molar-refractivity contribution in [3.8, 4) is 0 Å². The van der Waals surface area contributed by atoms with Crippen molar-refractivity contribution < 1.29 is 0 Å². The molecule has 0 aliphatic heterocycles. The molecule has 0 unspecified atom stereocenters. The molecule has 0 radical (unpaired) electrons. The SMILES string of the molecule is Brc1cc2ccccc2cc1C1C=CC=C1.